The Morgan fingerprint density at radius 2 is 1.72 bits per heavy atom. The van der Waals surface area contributed by atoms with Crippen molar-refractivity contribution in [2.45, 2.75) is 40.7 Å². The summed E-state index contributed by atoms with van der Waals surface area (Å²) in [4.78, 5) is 25.1. The van der Waals surface area contributed by atoms with E-state index in [0.29, 0.717) is 26.2 Å². The van der Waals surface area contributed by atoms with Crippen LogP contribution < -0.4 is 5.32 Å². The van der Waals surface area contributed by atoms with Gasteiger partial charge in [0.1, 0.15) is 0 Å². The van der Waals surface area contributed by atoms with Gasteiger partial charge in [-0.15, -0.1) is 0 Å². The van der Waals surface area contributed by atoms with Crippen molar-refractivity contribution in [1.29, 1.82) is 0 Å². The summed E-state index contributed by atoms with van der Waals surface area (Å²) in [6, 6.07) is -0.276. The molecule has 0 heterocycles. The molecule has 106 valence electrons. The number of hydrogen-bond donors (Lipinski definition) is 1. The molecule has 0 rings (SSSR count). The van der Waals surface area contributed by atoms with E-state index in [1.165, 1.54) is 0 Å². The molecule has 0 radical (unpaired) electrons. The SMILES string of the molecule is CCOC(=O)C(C)CNC(C)C(=O)N(CC)CC. The summed E-state index contributed by atoms with van der Waals surface area (Å²) in [6.45, 7) is 11.5. The first-order chi connectivity index (χ1) is 8.47. The lowest BCUT2D eigenvalue weighted by Crippen LogP contribution is -2.46. The Balaban J connectivity index is 4.13. The molecule has 1 amide bonds. The fourth-order valence-corrected chi connectivity index (χ4v) is 1.62. The quantitative estimate of drug-likeness (QED) is 0.661. The van der Waals surface area contributed by atoms with Crippen LogP contribution in [-0.2, 0) is 14.3 Å². The van der Waals surface area contributed by atoms with Gasteiger partial charge in [0.05, 0.1) is 18.6 Å². The van der Waals surface area contributed by atoms with E-state index in [-0.39, 0.29) is 23.8 Å². The molecule has 0 aromatic heterocycles. The van der Waals surface area contributed by atoms with Gasteiger partial charge in [0.15, 0.2) is 0 Å². The van der Waals surface area contributed by atoms with Crippen molar-refractivity contribution in [2.75, 3.05) is 26.2 Å². The van der Waals surface area contributed by atoms with Crippen molar-refractivity contribution < 1.29 is 14.3 Å². The van der Waals surface area contributed by atoms with Crippen LogP contribution >= 0.6 is 0 Å². The zero-order valence-corrected chi connectivity index (χ0v) is 12.2. The molecular weight excluding hydrogens is 232 g/mol. The maximum Gasteiger partial charge on any atom is 0.309 e. The maximum atomic E-state index is 12.0. The molecule has 0 aromatic rings. The number of ether oxygens (including phenoxy) is 1. The first kappa shape index (κ1) is 16.9. The Hall–Kier alpha value is -1.10. The minimum Gasteiger partial charge on any atom is -0.466 e. The van der Waals surface area contributed by atoms with Crippen molar-refractivity contribution in [3.05, 3.63) is 0 Å². The summed E-state index contributed by atoms with van der Waals surface area (Å²) in [5.74, 6) is -0.402. The third kappa shape index (κ3) is 5.49. The molecule has 2 atom stereocenters. The van der Waals surface area contributed by atoms with E-state index in [1.54, 1.807) is 18.7 Å². The van der Waals surface area contributed by atoms with Crippen molar-refractivity contribution >= 4 is 11.9 Å². The van der Waals surface area contributed by atoms with Gasteiger partial charge >= 0.3 is 5.97 Å². The third-order valence-electron chi connectivity index (χ3n) is 2.86. The standard InChI is InChI=1S/C13H26N2O3/c1-6-15(7-2)12(16)11(5)14-9-10(4)13(17)18-8-3/h10-11,14H,6-9H2,1-5H3. The zero-order valence-electron chi connectivity index (χ0n) is 12.2. The Bertz CT molecular complexity index is 265. The van der Waals surface area contributed by atoms with Crippen molar-refractivity contribution in [3.8, 4) is 0 Å². The molecule has 0 aliphatic carbocycles. The number of nitrogens with one attached hydrogen (secondary N) is 1. The van der Waals surface area contributed by atoms with E-state index in [1.807, 2.05) is 20.8 Å². The van der Waals surface area contributed by atoms with Crippen LogP contribution in [0, 0.1) is 5.92 Å². The molecule has 0 fully saturated rings. The predicted octanol–water partition coefficient (Wildman–Crippen LogP) is 1.03. The van der Waals surface area contributed by atoms with Gasteiger partial charge in [-0.05, 0) is 27.7 Å². The molecule has 0 aromatic carbocycles. The van der Waals surface area contributed by atoms with E-state index in [9.17, 15) is 9.59 Å². The summed E-state index contributed by atoms with van der Waals surface area (Å²) in [7, 11) is 0. The lowest BCUT2D eigenvalue weighted by molar-refractivity contribution is -0.147. The summed E-state index contributed by atoms with van der Waals surface area (Å²) < 4.78 is 4.91. The third-order valence-corrected chi connectivity index (χ3v) is 2.86. The highest BCUT2D eigenvalue weighted by atomic mass is 16.5. The van der Waals surface area contributed by atoms with Crippen LogP contribution in [0.25, 0.3) is 0 Å². The van der Waals surface area contributed by atoms with Crippen molar-refractivity contribution in [1.82, 2.24) is 10.2 Å². The molecule has 0 aliphatic heterocycles. The van der Waals surface area contributed by atoms with E-state index in [4.69, 9.17) is 4.74 Å². The normalized spacial score (nSPS) is 13.8. The summed E-state index contributed by atoms with van der Waals surface area (Å²) in [6.07, 6.45) is 0. The zero-order chi connectivity index (χ0) is 14.1. The minimum atomic E-state index is -0.276. The first-order valence-corrected chi connectivity index (χ1v) is 6.66. The van der Waals surface area contributed by atoms with Gasteiger partial charge < -0.3 is 15.0 Å². The van der Waals surface area contributed by atoms with Gasteiger partial charge in [-0.25, -0.2) is 0 Å². The smallest absolute Gasteiger partial charge is 0.309 e. The summed E-state index contributed by atoms with van der Waals surface area (Å²) in [5.41, 5.74) is 0. The number of carbonyl (C=O) groups is 2. The Kier molecular flexibility index (Phi) is 8.37. The summed E-state index contributed by atoms with van der Waals surface area (Å²) >= 11 is 0. The Labute approximate surface area is 110 Å². The molecule has 2 unspecified atom stereocenters. The molecule has 1 N–H and O–H groups in total. The minimum absolute atomic E-state index is 0.0658. The second-order valence-electron chi connectivity index (χ2n) is 4.29. The van der Waals surface area contributed by atoms with Crippen molar-refractivity contribution in [2.24, 2.45) is 5.92 Å². The number of nitrogens with zero attached hydrogens (tertiary/aromatic N) is 1. The highest BCUT2D eigenvalue weighted by Gasteiger charge is 2.20. The lowest BCUT2D eigenvalue weighted by Gasteiger charge is -2.24. The van der Waals surface area contributed by atoms with Gasteiger partial charge in [0.25, 0.3) is 0 Å². The molecule has 0 spiro atoms. The Morgan fingerprint density at radius 1 is 1.17 bits per heavy atom. The van der Waals surface area contributed by atoms with Crippen LogP contribution in [0.4, 0.5) is 0 Å². The molecule has 18 heavy (non-hydrogen) atoms. The highest BCUT2D eigenvalue weighted by Crippen LogP contribution is 2.00. The number of amides is 1. The highest BCUT2D eigenvalue weighted by molar-refractivity contribution is 5.81. The number of likely N-dealkylation sites (N-methyl/N-ethyl adjacent to an activating group) is 1. The molecule has 5 nitrogen and oxygen atoms in total. The van der Waals surface area contributed by atoms with Crippen LogP contribution in [-0.4, -0.2) is 49.1 Å². The average Bonchev–Trinajstić information content (AvgIpc) is 2.36. The molecule has 0 saturated heterocycles. The molecule has 5 heteroatoms. The number of hydrogen-bond acceptors (Lipinski definition) is 4. The lowest BCUT2D eigenvalue weighted by atomic mass is 10.1. The molecule has 0 aliphatic rings. The summed E-state index contributed by atoms with van der Waals surface area (Å²) in [5, 5.41) is 3.08. The Morgan fingerprint density at radius 3 is 2.17 bits per heavy atom. The second-order valence-corrected chi connectivity index (χ2v) is 4.29. The van der Waals surface area contributed by atoms with E-state index < -0.39 is 0 Å². The van der Waals surface area contributed by atoms with Gasteiger partial charge in [0, 0.05) is 19.6 Å². The van der Waals surface area contributed by atoms with Gasteiger partial charge in [-0.2, -0.15) is 0 Å². The second kappa shape index (κ2) is 8.91. The predicted molar refractivity (Wildman–Crippen MR) is 71.2 cm³/mol. The van der Waals surface area contributed by atoms with Gasteiger partial charge in [-0.1, -0.05) is 6.92 Å². The van der Waals surface area contributed by atoms with Crippen LogP contribution in [0.3, 0.4) is 0 Å². The molecule has 0 saturated carbocycles. The van der Waals surface area contributed by atoms with E-state index in [2.05, 4.69) is 5.32 Å². The van der Waals surface area contributed by atoms with Crippen LogP contribution in [0.2, 0.25) is 0 Å². The van der Waals surface area contributed by atoms with Crippen molar-refractivity contribution in [3.63, 3.8) is 0 Å². The largest absolute Gasteiger partial charge is 0.466 e. The van der Waals surface area contributed by atoms with Gasteiger partial charge in [0.2, 0.25) is 5.91 Å². The van der Waals surface area contributed by atoms with Crippen LogP contribution in [0.1, 0.15) is 34.6 Å². The number of carbonyl (C=O) groups excluding carboxylic acids is 2. The molecular formula is C13H26N2O3. The number of rotatable bonds is 8. The van der Waals surface area contributed by atoms with Crippen LogP contribution in [0.15, 0.2) is 0 Å². The molecule has 0 bridgehead atoms. The number of esters is 1. The van der Waals surface area contributed by atoms with E-state index >= 15 is 0 Å². The van der Waals surface area contributed by atoms with Crippen LogP contribution in [0.5, 0.6) is 0 Å². The monoisotopic (exact) mass is 258 g/mol. The fourth-order valence-electron chi connectivity index (χ4n) is 1.62. The maximum absolute atomic E-state index is 12.0. The average molecular weight is 258 g/mol. The topological polar surface area (TPSA) is 58.6 Å². The fraction of sp³-hybridized carbons (Fsp3) is 0.846. The van der Waals surface area contributed by atoms with Gasteiger partial charge in [-0.3, -0.25) is 9.59 Å². The first-order valence-electron chi connectivity index (χ1n) is 6.66. The van der Waals surface area contributed by atoms with E-state index in [0.717, 1.165) is 0 Å².